The molecule has 0 aliphatic carbocycles. The van der Waals surface area contributed by atoms with Crippen molar-refractivity contribution in [2.24, 2.45) is 11.7 Å². The minimum absolute atomic E-state index is 0.0831. The monoisotopic (exact) mass is 309 g/mol. The molecule has 2 unspecified atom stereocenters. The smallest absolute Gasteiger partial charge is 0.0494 e. The zero-order valence-electron chi connectivity index (χ0n) is 13.4. The average Bonchev–Trinajstić information content (AvgIpc) is 2.41. The number of hydrogen-bond acceptors (Lipinski definition) is 3. The van der Waals surface area contributed by atoms with Crippen LogP contribution in [0.15, 0.2) is 24.3 Å². The molecule has 0 saturated carbocycles. The molecule has 1 fully saturated rings. The highest BCUT2D eigenvalue weighted by Gasteiger charge is 2.25. The molecule has 1 aromatic rings. The van der Waals surface area contributed by atoms with E-state index in [0.717, 1.165) is 17.5 Å². The van der Waals surface area contributed by atoms with Gasteiger partial charge in [0, 0.05) is 23.7 Å². The van der Waals surface area contributed by atoms with Crippen LogP contribution in [0.4, 0.5) is 0 Å². The van der Waals surface area contributed by atoms with E-state index in [2.05, 4.69) is 36.9 Å². The Morgan fingerprint density at radius 3 is 2.62 bits per heavy atom. The van der Waals surface area contributed by atoms with Crippen LogP contribution in [0.2, 0.25) is 5.02 Å². The zero-order valence-corrected chi connectivity index (χ0v) is 14.2. The molecule has 2 rings (SSSR count). The van der Waals surface area contributed by atoms with Crippen LogP contribution in [-0.2, 0) is 0 Å². The lowest BCUT2D eigenvalue weighted by atomic mass is 9.94. The number of halogens is 1. The number of hydrogen-bond donors (Lipinski definition) is 1. The van der Waals surface area contributed by atoms with Crippen molar-refractivity contribution in [2.75, 3.05) is 33.7 Å². The van der Waals surface area contributed by atoms with Gasteiger partial charge in [-0.2, -0.15) is 0 Å². The van der Waals surface area contributed by atoms with E-state index in [1.165, 1.54) is 31.5 Å². The summed E-state index contributed by atoms with van der Waals surface area (Å²) in [6, 6.07) is 8.41. The summed E-state index contributed by atoms with van der Waals surface area (Å²) in [4.78, 5) is 4.82. The molecule has 1 heterocycles. The largest absolute Gasteiger partial charge is 0.326 e. The van der Waals surface area contributed by atoms with Crippen molar-refractivity contribution in [1.82, 2.24) is 9.80 Å². The molecular formula is C17H28ClN3. The van der Waals surface area contributed by atoms with Gasteiger partial charge in [0.2, 0.25) is 0 Å². The molecule has 118 valence electrons. The Hall–Kier alpha value is -0.610. The number of likely N-dealkylation sites (tertiary alicyclic amines) is 1. The van der Waals surface area contributed by atoms with E-state index in [4.69, 9.17) is 17.3 Å². The fourth-order valence-corrected chi connectivity index (χ4v) is 3.61. The van der Waals surface area contributed by atoms with Crippen LogP contribution in [0.25, 0.3) is 0 Å². The maximum absolute atomic E-state index is 6.25. The summed E-state index contributed by atoms with van der Waals surface area (Å²) >= 11 is 6.14. The fraction of sp³-hybridized carbons (Fsp3) is 0.647. The maximum Gasteiger partial charge on any atom is 0.0494 e. The fourth-order valence-electron chi connectivity index (χ4n) is 3.42. The van der Waals surface area contributed by atoms with Crippen LogP contribution in [0.3, 0.4) is 0 Å². The third-order valence-electron chi connectivity index (χ3n) is 4.55. The van der Waals surface area contributed by atoms with Crippen LogP contribution in [0, 0.1) is 5.92 Å². The third-order valence-corrected chi connectivity index (χ3v) is 4.78. The predicted molar refractivity (Wildman–Crippen MR) is 90.7 cm³/mol. The highest BCUT2D eigenvalue weighted by Crippen LogP contribution is 2.27. The van der Waals surface area contributed by atoms with E-state index in [1.54, 1.807) is 0 Å². The Bertz CT molecular complexity index is 441. The second-order valence-electron chi connectivity index (χ2n) is 6.55. The predicted octanol–water partition coefficient (Wildman–Crippen LogP) is 3.00. The summed E-state index contributed by atoms with van der Waals surface area (Å²) in [6.45, 7) is 5.60. The molecule has 1 aliphatic rings. The van der Waals surface area contributed by atoms with E-state index >= 15 is 0 Å². The van der Waals surface area contributed by atoms with Crippen LogP contribution in [-0.4, -0.2) is 49.6 Å². The molecule has 1 saturated heterocycles. The highest BCUT2D eigenvalue weighted by atomic mass is 35.5. The molecule has 1 aliphatic heterocycles. The van der Waals surface area contributed by atoms with Crippen molar-refractivity contribution in [2.45, 2.75) is 31.8 Å². The van der Waals surface area contributed by atoms with Crippen LogP contribution >= 0.6 is 11.6 Å². The molecule has 2 N–H and O–H groups in total. The molecule has 1 aromatic carbocycles. The first kappa shape index (κ1) is 16.8. The number of rotatable bonds is 5. The van der Waals surface area contributed by atoms with Crippen molar-refractivity contribution < 1.29 is 0 Å². The normalized spacial score (nSPS) is 20.7. The summed E-state index contributed by atoms with van der Waals surface area (Å²) in [6.07, 6.45) is 2.56. The van der Waals surface area contributed by atoms with E-state index in [0.29, 0.717) is 0 Å². The van der Waals surface area contributed by atoms with Crippen molar-refractivity contribution in [3.05, 3.63) is 34.9 Å². The molecule has 2 atom stereocenters. The lowest BCUT2D eigenvalue weighted by Crippen LogP contribution is -2.41. The van der Waals surface area contributed by atoms with E-state index in [1.807, 2.05) is 18.2 Å². The molecule has 0 aromatic heterocycles. The number of benzene rings is 1. The molecule has 21 heavy (non-hydrogen) atoms. The van der Waals surface area contributed by atoms with Gasteiger partial charge in [-0.15, -0.1) is 0 Å². The lowest BCUT2D eigenvalue weighted by molar-refractivity contribution is 0.140. The summed E-state index contributed by atoms with van der Waals surface area (Å²) in [5.74, 6) is 0.770. The topological polar surface area (TPSA) is 32.5 Å². The van der Waals surface area contributed by atoms with Gasteiger partial charge >= 0.3 is 0 Å². The van der Waals surface area contributed by atoms with Gasteiger partial charge < -0.3 is 10.6 Å². The van der Waals surface area contributed by atoms with E-state index in [-0.39, 0.29) is 12.1 Å². The molecule has 0 amide bonds. The quantitative estimate of drug-likeness (QED) is 0.907. The van der Waals surface area contributed by atoms with Gasteiger partial charge in [-0.3, -0.25) is 4.90 Å². The van der Waals surface area contributed by atoms with Crippen molar-refractivity contribution in [3.63, 3.8) is 0 Å². The van der Waals surface area contributed by atoms with Crippen LogP contribution in [0.1, 0.15) is 31.4 Å². The summed E-state index contributed by atoms with van der Waals surface area (Å²) in [7, 11) is 4.39. The Balaban J connectivity index is 2.04. The van der Waals surface area contributed by atoms with Crippen molar-refractivity contribution in [1.29, 1.82) is 0 Å². The molecule has 4 heteroatoms. The summed E-state index contributed by atoms with van der Waals surface area (Å²) < 4.78 is 0. The van der Waals surface area contributed by atoms with Crippen molar-refractivity contribution >= 4 is 11.6 Å². The summed E-state index contributed by atoms with van der Waals surface area (Å²) in [5.41, 5.74) is 7.47. The first-order valence-corrected chi connectivity index (χ1v) is 8.25. The summed E-state index contributed by atoms with van der Waals surface area (Å²) in [5, 5.41) is 0.783. The van der Waals surface area contributed by atoms with Gasteiger partial charge in [0.15, 0.2) is 0 Å². The minimum atomic E-state index is 0.0831. The second kappa shape index (κ2) is 7.59. The van der Waals surface area contributed by atoms with E-state index in [9.17, 15) is 0 Å². The van der Waals surface area contributed by atoms with Gasteiger partial charge in [0.25, 0.3) is 0 Å². The first-order valence-electron chi connectivity index (χ1n) is 7.87. The number of piperidine rings is 1. The van der Waals surface area contributed by atoms with Crippen molar-refractivity contribution in [3.8, 4) is 0 Å². The van der Waals surface area contributed by atoms with E-state index < -0.39 is 0 Å². The van der Waals surface area contributed by atoms with Gasteiger partial charge in [-0.25, -0.2) is 0 Å². The lowest BCUT2D eigenvalue weighted by Gasteiger charge is -2.36. The Morgan fingerprint density at radius 2 is 2.05 bits per heavy atom. The third kappa shape index (κ3) is 4.68. The molecule has 3 nitrogen and oxygen atoms in total. The molecular weight excluding hydrogens is 282 g/mol. The van der Waals surface area contributed by atoms with Gasteiger partial charge in [0.05, 0.1) is 0 Å². The first-order chi connectivity index (χ1) is 9.97. The number of nitrogens with zero attached hydrogens (tertiary/aromatic N) is 2. The van der Waals surface area contributed by atoms with Gasteiger partial charge in [-0.05, 0) is 70.6 Å². The minimum Gasteiger partial charge on any atom is -0.326 e. The van der Waals surface area contributed by atoms with Crippen LogP contribution < -0.4 is 5.73 Å². The zero-order chi connectivity index (χ0) is 15.4. The number of likely N-dealkylation sites (N-methyl/N-ethyl adjacent to an activating group) is 1. The van der Waals surface area contributed by atoms with Gasteiger partial charge in [-0.1, -0.05) is 23.7 Å². The molecule has 0 radical (unpaired) electrons. The Kier molecular flexibility index (Phi) is 6.06. The van der Waals surface area contributed by atoms with Gasteiger partial charge in [0.1, 0.15) is 0 Å². The Morgan fingerprint density at radius 1 is 1.38 bits per heavy atom. The number of nitrogens with two attached hydrogens (primary N) is 1. The Labute approximate surface area is 134 Å². The molecule has 0 bridgehead atoms. The standard InChI is InChI=1S/C17H28ClN3/c1-13(19)17(15-5-4-6-16(18)11-15)21(3)12-14-7-9-20(2)10-8-14/h4-6,11,13-14,17H,7-10,12,19H2,1-3H3. The van der Waals surface area contributed by atoms with Crippen LogP contribution in [0.5, 0.6) is 0 Å². The average molecular weight is 310 g/mol. The highest BCUT2D eigenvalue weighted by molar-refractivity contribution is 6.30. The SMILES string of the molecule is CC(N)C(c1cccc(Cl)c1)N(C)CC1CCN(C)CC1. The molecule has 0 spiro atoms. The second-order valence-corrected chi connectivity index (χ2v) is 6.98. The maximum atomic E-state index is 6.25.